The van der Waals surface area contributed by atoms with Gasteiger partial charge in [0.05, 0.1) is 4.88 Å². The average Bonchev–Trinajstić information content (AvgIpc) is 3.30. The summed E-state index contributed by atoms with van der Waals surface area (Å²) in [7, 11) is 0. The molecular weight excluding hydrogens is 347 g/mol. The minimum Gasteiger partial charge on any atom is -0.336 e. The first kappa shape index (κ1) is 16.9. The summed E-state index contributed by atoms with van der Waals surface area (Å²) >= 11 is 1.43. The first-order chi connectivity index (χ1) is 12.6. The van der Waals surface area contributed by atoms with Crippen LogP contribution in [0.4, 0.5) is 4.39 Å². The molecular formula is C21H19FN2OS. The Morgan fingerprint density at radius 1 is 1.00 bits per heavy atom. The summed E-state index contributed by atoms with van der Waals surface area (Å²) in [5.74, 6) is -0.0893. The number of likely N-dealkylation sites (tertiary alicyclic amines) is 1. The van der Waals surface area contributed by atoms with E-state index in [-0.39, 0.29) is 23.7 Å². The number of thiophene rings is 1. The van der Waals surface area contributed by atoms with Gasteiger partial charge in [0.1, 0.15) is 5.82 Å². The van der Waals surface area contributed by atoms with E-state index in [1.165, 1.54) is 29.0 Å². The molecule has 0 aliphatic carbocycles. The SMILES string of the molecule is NC1CN(C(=O)c2ccc(-c3ccc(F)cc3)s2)CC1c1ccccc1. The maximum absolute atomic E-state index is 13.1. The van der Waals surface area contributed by atoms with Gasteiger partial charge in [-0.3, -0.25) is 4.79 Å². The fraction of sp³-hybridized carbons (Fsp3) is 0.190. The van der Waals surface area contributed by atoms with E-state index >= 15 is 0 Å². The molecule has 0 spiro atoms. The first-order valence-corrected chi connectivity index (χ1v) is 9.39. The number of hydrogen-bond acceptors (Lipinski definition) is 3. The van der Waals surface area contributed by atoms with Crippen LogP contribution in [0.15, 0.2) is 66.7 Å². The summed E-state index contributed by atoms with van der Waals surface area (Å²) in [5.41, 5.74) is 8.39. The highest BCUT2D eigenvalue weighted by atomic mass is 32.1. The standard InChI is InChI=1S/C21H19FN2OS/c22-16-8-6-15(7-9-16)19-10-11-20(26-19)21(25)24-12-17(18(23)13-24)14-4-2-1-3-5-14/h1-11,17-18H,12-13,23H2. The van der Waals surface area contributed by atoms with Gasteiger partial charge in [-0.05, 0) is 35.4 Å². The molecule has 26 heavy (non-hydrogen) atoms. The zero-order valence-corrected chi connectivity index (χ0v) is 15.0. The van der Waals surface area contributed by atoms with E-state index in [0.29, 0.717) is 18.0 Å². The third-order valence-electron chi connectivity index (χ3n) is 4.83. The lowest BCUT2D eigenvalue weighted by Crippen LogP contribution is -2.31. The topological polar surface area (TPSA) is 46.3 Å². The Morgan fingerprint density at radius 2 is 1.73 bits per heavy atom. The molecule has 2 atom stereocenters. The molecule has 1 aliphatic heterocycles. The summed E-state index contributed by atoms with van der Waals surface area (Å²) in [5, 5.41) is 0. The van der Waals surface area contributed by atoms with E-state index in [4.69, 9.17) is 5.73 Å². The molecule has 1 amide bonds. The number of carbonyl (C=O) groups excluding carboxylic acids is 1. The Bertz CT molecular complexity index is 907. The number of nitrogens with zero attached hydrogens (tertiary/aromatic N) is 1. The molecule has 1 saturated heterocycles. The van der Waals surface area contributed by atoms with Gasteiger partial charge in [-0.1, -0.05) is 42.5 Å². The van der Waals surface area contributed by atoms with Crippen LogP contribution in [0.1, 0.15) is 21.2 Å². The molecule has 3 aromatic rings. The third-order valence-corrected chi connectivity index (χ3v) is 5.95. The number of rotatable bonds is 3. The van der Waals surface area contributed by atoms with Gasteiger partial charge < -0.3 is 10.6 Å². The van der Waals surface area contributed by atoms with E-state index in [1.54, 1.807) is 12.1 Å². The molecule has 2 aromatic carbocycles. The highest BCUT2D eigenvalue weighted by Crippen LogP contribution is 2.32. The van der Waals surface area contributed by atoms with Gasteiger partial charge in [0.25, 0.3) is 5.91 Å². The predicted octanol–water partition coefficient (Wildman–Crippen LogP) is 4.12. The third kappa shape index (κ3) is 3.28. The monoisotopic (exact) mass is 366 g/mol. The molecule has 2 unspecified atom stereocenters. The van der Waals surface area contributed by atoms with Crippen LogP contribution in [-0.2, 0) is 0 Å². The van der Waals surface area contributed by atoms with E-state index < -0.39 is 0 Å². The van der Waals surface area contributed by atoms with Crippen LogP contribution in [0.25, 0.3) is 10.4 Å². The van der Waals surface area contributed by atoms with E-state index in [1.807, 2.05) is 35.2 Å². The van der Waals surface area contributed by atoms with Gasteiger partial charge in [0.15, 0.2) is 0 Å². The minimum atomic E-state index is -0.264. The Labute approximate surface area is 155 Å². The minimum absolute atomic E-state index is 0.0113. The summed E-state index contributed by atoms with van der Waals surface area (Å²) in [4.78, 5) is 16.4. The molecule has 0 radical (unpaired) electrons. The van der Waals surface area contributed by atoms with Crippen molar-refractivity contribution in [3.63, 3.8) is 0 Å². The Morgan fingerprint density at radius 3 is 2.46 bits per heavy atom. The van der Waals surface area contributed by atoms with Crippen LogP contribution in [0.5, 0.6) is 0 Å². The van der Waals surface area contributed by atoms with E-state index in [9.17, 15) is 9.18 Å². The van der Waals surface area contributed by atoms with Crippen LogP contribution in [0, 0.1) is 5.82 Å². The molecule has 0 saturated carbocycles. The van der Waals surface area contributed by atoms with E-state index in [2.05, 4.69) is 12.1 Å². The van der Waals surface area contributed by atoms with Gasteiger partial charge in [0.2, 0.25) is 0 Å². The largest absolute Gasteiger partial charge is 0.336 e. The second-order valence-electron chi connectivity index (χ2n) is 6.56. The molecule has 5 heteroatoms. The zero-order valence-electron chi connectivity index (χ0n) is 14.1. The molecule has 1 fully saturated rings. The van der Waals surface area contributed by atoms with Gasteiger partial charge in [-0.25, -0.2) is 4.39 Å². The fourth-order valence-corrected chi connectivity index (χ4v) is 4.41. The zero-order chi connectivity index (χ0) is 18.1. The Kier molecular flexibility index (Phi) is 4.57. The van der Waals surface area contributed by atoms with Crippen LogP contribution >= 0.6 is 11.3 Å². The summed E-state index contributed by atoms with van der Waals surface area (Å²) < 4.78 is 13.1. The predicted molar refractivity (Wildman–Crippen MR) is 103 cm³/mol. The second-order valence-corrected chi connectivity index (χ2v) is 7.65. The number of amides is 1. The van der Waals surface area contributed by atoms with Gasteiger partial charge >= 0.3 is 0 Å². The molecule has 4 rings (SSSR count). The molecule has 2 heterocycles. The van der Waals surface area contributed by atoms with Crippen molar-refractivity contribution in [1.82, 2.24) is 4.90 Å². The first-order valence-electron chi connectivity index (χ1n) is 8.57. The van der Waals surface area contributed by atoms with Crippen molar-refractivity contribution >= 4 is 17.2 Å². The van der Waals surface area contributed by atoms with Gasteiger partial charge in [0, 0.05) is 29.9 Å². The highest BCUT2D eigenvalue weighted by Gasteiger charge is 2.34. The molecule has 2 N–H and O–H groups in total. The average molecular weight is 366 g/mol. The Hall–Kier alpha value is -2.50. The van der Waals surface area contributed by atoms with Crippen molar-refractivity contribution in [2.75, 3.05) is 13.1 Å². The van der Waals surface area contributed by atoms with Crippen molar-refractivity contribution in [2.45, 2.75) is 12.0 Å². The van der Waals surface area contributed by atoms with Crippen molar-refractivity contribution in [1.29, 1.82) is 0 Å². The summed E-state index contributed by atoms with van der Waals surface area (Å²) in [6.07, 6.45) is 0. The van der Waals surface area contributed by atoms with E-state index in [0.717, 1.165) is 10.4 Å². The quantitative estimate of drug-likeness (QED) is 0.758. The maximum atomic E-state index is 13.1. The smallest absolute Gasteiger partial charge is 0.264 e. The summed E-state index contributed by atoms with van der Waals surface area (Å²) in [6, 6.07) is 20.1. The lowest BCUT2D eigenvalue weighted by Gasteiger charge is -2.15. The number of benzene rings is 2. The number of nitrogens with two attached hydrogens (primary N) is 1. The number of hydrogen-bond donors (Lipinski definition) is 1. The molecule has 1 aromatic heterocycles. The van der Waals surface area contributed by atoms with Crippen LogP contribution in [-0.4, -0.2) is 29.9 Å². The van der Waals surface area contributed by atoms with Crippen LogP contribution in [0.2, 0.25) is 0 Å². The van der Waals surface area contributed by atoms with Crippen molar-refractivity contribution < 1.29 is 9.18 Å². The fourth-order valence-electron chi connectivity index (χ4n) is 3.43. The number of carbonyl (C=O) groups is 1. The van der Waals surface area contributed by atoms with Crippen LogP contribution in [0.3, 0.4) is 0 Å². The molecule has 132 valence electrons. The van der Waals surface area contributed by atoms with Gasteiger partial charge in [-0.2, -0.15) is 0 Å². The lowest BCUT2D eigenvalue weighted by atomic mass is 9.95. The van der Waals surface area contributed by atoms with Crippen LogP contribution < -0.4 is 5.73 Å². The number of halogens is 1. The maximum Gasteiger partial charge on any atom is 0.264 e. The molecule has 1 aliphatic rings. The van der Waals surface area contributed by atoms with Crippen molar-refractivity contribution in [2.24, 2.45) is 5.73 Å². The lowest BCUT2D eigenvalue weighted by molar-refractivity contribution is 0.0794. The van der Waals surface area contributed by atoms with Crippen molar-refractivity contribution in [3.05, 3.63) is 83.0 Å². The Balaban J connectivity index is 1.51. The second kappa shape index (κ2) is 7.02. The van der Waals surface area contributed by atoms with Gasteiger partial charge in [-0.15, -0.1) is 11.3 Å². The van der Waals surface area contributed by atoms with Crippen molar-refractivity contribution in [3.8, 4) is 10.4 Å². The summed E-state index contributed by atoms with van der Waals surface area (Å²) in [6.45, 7) is 1.19. The molecule has 3 nitrogen and oxygen atoms in total. The molecule has 0 bridgehead atoms. The normalized spacial score (nSPS) is 19.7. The highest BCUT2D eigenvalue weighted by molar-refractivity contribution is 7.17.